The molecule has 0 atom stereocenters. The van der Waals surface area contributed by atoms with E-state index < -0.39 is 0 Å². The van der Waals surface area contributed by atoms with Gasteiger partial charge in [-0.1, -0.05) is 19.1 Å². The Morgan fingerprint density at radius 3 is 2.56 bits per heavy atom. The van der Waals surface area contributed by atoms with E-state index in [1.807, 2.05) is 25.1 Å². The fraction of sp³-hybridized carbons (Fsp3) is 0.231. The molecule has 2 N–H and O–H groups in total. The van der Waals surface area contributed by atoms with Crippen molar-refractivity contribution in [3.63, 3.8) is 0 Å². The van der Waals surface area contributed by atoms with Gasteiger partial charge in [0.1, 0.15) is 0 Å². The number of anilines is 1. The van der Waals surface area contributed by atoms with Crippen molar-refractivity contribution in [3.05, 3.63) is 36.7 Å². The fourth-order valence-corrected chi connectivity index (χ4v) is 1.38. The number of rotatable bonds is 5. The molecule has 0 saturated carbocycles. The molecule has 0 radical (unpaired) electrons. The Morgan fingerprint density at radius 1 is 1.11 bits per heavy atom. The third kappa shape index (κ3) is 2.88. The van der Waals surface area contributed by atoms with Gasteiger partial charge in [0, 0.05) is 12.4 Å². The SMILES string of the molecule is CCCOc1ccccc1Oc1nccnc1N. The summed E-state index contributed by atoms with van der Waals surface area (Å²) < 4.78 is 11.2. The summed E-state index contributed by atoms with van der Waals surface area (Å²) in [5.74, 6) is 1.79. The Labute approximate surface area is 106 Å². The molecule has 0 fully saturated rings. The van der Waals surface area contributed by atoms with Gasteiger partial charge in [-0.25, -0.2) is 9.97 Å². The van der Waals surface area contributed by atoms with Crippen molar-refractivity contribution in [3.8, 4) is 17.4 Å². The van der Waals surface area contributed by atoms with Crippen molar-refractivity contribution in [1.82, 2.24) is 9.97 Å². The summed E-state index contributed by atoms with van der Waals surface area (Å²) in [6.07, 6.45) is 3.98. The number of nitrogen functional groups attached to an aromatic ring is 1. The molecule has 5 heteroatoms. The molecule has 0 aliphatic rings. The summed E-state index contributed by atoms with van der Waals surface area (Å²) in [6.45, 7) is 2.68. The highest BCUT2D eigenvalue weighted by molar-refractivity contribution is 5.46. The summed E-state index contributed by atoms with van der Waals surface area (Å²) in [6, 6.07) is 7.40. The van der Waals surface area contributed by atoms with Crippen molar-refractivity contribution in [2.24, 2.45) is 0 Å². The Bertz CT molecular complexity index is 517. The average molecular weight is 245 g/mol. The van der Waals surface area contributed by atoms with E-state index in [4.69, 9.17) is 15.2 Å². The van der Waals surface area contributed by atoms with Crippen LogP contribution in [0.1, 0.15) is 13.3 Å². The van der Waals surface area contributed by atoms with Gasteiger partial charge in [0.2, 0.25) is 0 Å². The fourth-order valence-electron chi connectivity index (χ4n) is 1.38. The Balaban J connectivity index is 2.21. The number of benzene rings is 1. The summed E-state index contributed by atoms with van der Waals surface area (Å²) in [4.78, 5) is 7.95. The van der Waals surface area contributed by atoms with Gasteiger partial charge in [-0.2, -0.15) is 0 Å². The van der Waals surface area contributed by atoms with Crippen LogP contribution in [0.25, 0.3) is 0 Å². The molecular weight excluding hydrogens is 230 g/mol. The van der Waals surface area contributed by atoms with Gasteiger partial charge in [-0.3, -0.25) is 0 Å². The highest BCUT2D eigenvalue weighted by Crippen LogP contribution is 2.31. The maximum Gasteiger partial charge on any atom is 0.262 e. The van der Waals surface area contributed by atoms with Gasteiger partial charge >= 0.3 is 0 Å². The number of nitrogens with two attached hydrogens (primary N) is 1. The Morgan fingerprint density at radius 2 is 1.83 bits per heavy atom. The number of ether oxygens (including phenoxy) is 2. The molecular formula is C13H15N3O2. The van der Waals surface area contributed by atoms with Crippen LogP contribution >= 0.6 is 0 Å². The minimum atomic E-state index is 0.253. The largest absolute Gasteiger partial charge is 0.490 e. The molecule has 94 valence electrons. The van der Waals surface area contributed by atoms with Crippen molar-refractivity contribution >= 4 is 5.82 Å². The molecule has 0 aliphatic carbocycles. The van der Waals surface area contributed by atoms with Crippen LogP contribution in [0, 0.1) is 0 Å². The maximum absolute atomic E-state index is 5.68. The van der Waals surface area contributed by atoms with Gasteiger partial charge in [0.05, 0.1) is 6.61 Å². The van der Waals surface area contributed by atoms with Crippen molar-refractivity contribution < 1.29 is 9.47 Å². The topological polar surface area (TPSA) is 70.3 Å². The maximum atomic E-state index is 5.68. The minimum absolute atomic E-state index is 0.253. The summed E-state index contributed by atoms with van der Waals surface area (Å²) >= 11 is 0. The molecule has 2 rings (SSSR count). The highest BCUT2D eigenvalue weighted by atomic mass is 16.5. The van der Waals surface area contributed by atoms with Gasteiger partial charge < -0.3 is 15.2 Å². The number of hydrogen-bond acceptors (Lipinski definition) is 5. The molecule has 1 aromatic heterocycles. The highest BCUT2D eigenvalue weighted by Gasteiger charge is 2.08. The van der Waals surface area contributed by atoms with Crippen molar-refractivity contribution in [2.45, 2.75) is 13.3 Å². The molecule has 0 bridgehead atoms. The second-order valence-corrected chi connectivity index (χ2v) is 3.64. The van der Waals surface area contributed by atoms with Gasteiger partial charge in [0.25, 0.3) is 5.88 Å². The zero-order chi connectivity index (χ0) is 12.8. The van der Waals surface area contributed by atoms with E-state index >= 15 is 0 Å². The van der Waals surface area contributed by atoms with Gasteiger partial charge in [-0.15, -0.1) is 0 Å². The lowest BCUT2D eigenvalue weighted by Crippen LogP contribution is -2.00. The second-order valence-electron chi connectivity index (χ2n) is 3.64. The molecule has 1 aromatic carbocycles. The number of nitrogens with zero attached hydrogens (tertiary/aromatic N) is 2. The normalized spacial score (nSPS) is 10.1. The first-order valence-corrected chi connectivity index (χ1v) is 5.77. The molecule has 0 aliphatic heterocycles. The number of aromatic nitrogens is 2. The quantitative estimate of drug-likeness (QED) is 0.876. The summed E-state index contributed by atoms with van der Waals surface area (Å²) in [7, 11) is 0. The van der Waals surface area contributed by atoms with Crippen LogP contribution in [0.5, 0.6) is 17.4 Å². The third-order valence-electron chi connectivity index (χ3n) is 2.21. The molecule has 0 unspecified atom stereocenters. The first-order valence-electron chi connectivity index (χ1n) is 5.77. The average Bonchev–Trinajstić information content (AvgIpc) is 2.40. The monoisotopic (exact) mass is 245 g/mol. The molecule has 2 aromatic rings. The smallest absolute Gasteiger partial charge is 0.262 e. The van der Waals surface area contributed by atoms with E-state index in [1.54, 1.807) is 6.07 Å². The lowest BCUT2D eigenvalue weighted by molar-refractivity contribution is 0.301. The standard InChI is InChI=1S/C13H15N3O2/c1-2-9-17-10-5-3-4-6-11(10)18-13-12(14)15-7-8-16-13/h3-8H,2,9H2,1H3,(H2,14,15). The van der Waals surface area contributed by atoms with Gasteiger partial charge in [-0.05, 0) is 18.6 Å². The molecule has 0 spiro atoms. The number of para-hydroxylation sites is 2. The van der Waals surface area contributed by atoms with E-state index in [-0.39, 0.29) is 11.7 Å². The minimum Gasteiger partial charge on any atom is -0.490 e. The van der Waals surface area contributed by atoms with E-state index in [2.05, 4.69) is 9.97 Å². The summed E-state index contributed by atoms with van der Waals surface area (Å²) in [5, 5.41) is 0. The van der Waals surface area contributed by atoms with Crippen LogP contribution in [-0.4, -0.2) is 16.6 Å². The van der Waals surface area contributed by atoms with Crippen molar-refractivity contribution in [1.29, 1.82) is 0 Å². The van der Waals surface area contributed by atoms with Crippen LogP contribution in [0.15, 0.2) is 36.7 Å². The van der Waals surface area contributed by atoms with Gasteiger partial charge in [0.15, 0.2) is 17.3 Å². The Kier molecular flexibility index (Phi) is 3.96. The zero-order valence-electron chi connectivity index (χ0n) is 10.2. The van der Waals surface area contributed by atoms with Crippen LogP contribution < -0.4 is 15.2 Å². The lowest BCUT2D eigenvalue weighted by Gasteiger charge is -2.11. The molecule has 1 heterocycles. The van der Waals surface area contributed by atoms with E-state index in [0.29, 0.717) is 18.1 Å². The number of hydrogen-bond donors (Lipinski definition) is 1. The zero-order valence-corrected chi connectivity index (χ0v) is 10.2. The molecule has 5 nitrogen and oxygen atoms in total. The van der Waals surface area contributed by atoms with Crippen LogP contribution in [0.2, 0.25) is 0 Å². The first kappa shape index (κ1) is 12.2. The van der Waals surface area contributed by atoms with Crippen LogP contribution in [0.3, 0.4) is 0 Å². The first-order chi connectivity index (χ1) is 8.81. The predicted molar refractivity (Wildman–Crippen MR) is 68.7 cm³/mol. The predicted octanol–water partition coefficient (Wildman–Crippen LogP) is 2.64. The molecule has 0 amide bonds. The molecule has 18 heavy (non-hydrogen) atoms. The summed E-state index contributed by atoms with van der Waals surface area (Å²) in [5.41, 5.74) is 5.68. The lowest BCUT2D eigenvalue weighted by atomic mass is 10.3. The van der Waals surface area contributed by atoms with E-state index in [9.17, 15) is 0 Å². The van der Waals surface area contributed by atoms with Crippen LogP contribution in [0.4, 0.5) is 5.82 Å². The third-order valence-corrected chi connectivity index (χ3v) is 2.21. The van der Waals surface area contributed by atoms with Crippen LogP contribution in [-0.2, 0) is 0 Å². The van der Waals surface area contributed by atoms with Crippen molar-refractivity contribution in [2.75, 3.05) is 12.3 Å². The van der Waals surface area contributed by atoms with E-state index in [0.717, 1.165) is 6.42 Å². The molecule has 0 saturated heterocycles. The van der Waals surface area contributed by atoms with E-state index in [1.165, 1.54) is 12.4 Å². The second kappa shape index (κ2) is 5.86. The Hall–Kier alpha value is -2.30.